The number of benzene rings is 1. The number of carbonyl (C=O) groups excluding carboxylic acids is 2. The van der Waals surface area contributed by atoms with Crippen LogP contribution in [0, 0.1) is 0 Å². The van der Waals surface area contributed by atoms with Gasteiger partial charge in [0.2, 0.25) is 0 Å². The topological polar surface area (TPSA) is 59.2 Å². The first kappa shape index (κ1) is 10.4. The molecule has 0 saturated heterocycles. The van der Waals surface area contributed by atoms with Crippen molar-refractivity contribution >= 4 is 22.7 Å². The summed E-state index contributed by atoms with van der Waals surface area (Å²) < 4.78 is 11.7. The highest BCUT2D eigenvalue weighted by Gasteiger charge is 2.14. The van der Waals surface area contributed by atoms with Crippen molar-refractivity contribution in [2.45, 2.75) is 6.92 Å². The average molecular weight is 221 g/mol. The lowest BCUT2D eigenvalue weighted by Gasteiger charge is -1.96. The smallest absolute Gasteiger partial charge is 0.348 e. The number of para-hydroxylation sites is 1. The normalized spacial score (nSPS) is 10.4. The van der Waals surface area contributed by atoms with E-state index in [0.29, 0.717) is 16.5 Å². The molecule has 4 nitrogen and oxygen atoms in total. The van der Waals surface area contributed by atoms with Crippen molar-refractivity contribution < 1.29 is 19.1 Å². The van der Waals surface area contributed by atoms with E-state index in [9.17, 15) is 14.1 Å². The molecular weight excluding hydrogens is 213 g/mol. The van der Waals surface area contributed by atoms with Crippen molar-refractivity contribution in [1.82, 2.24) is 4.98 Å². The van der Waals surface area contributed by atoms with E-state index in [1.807, 2.05) is 0 Å². The van der Waals surface area contributed by atoms with Gasteiger partial charge in [-0.1, -0.05) is 12.1 Å². The molecule has 1 aromatic heterocycles. The van der Waals surface area contributed by atoms with Gasteiger partial charge in [0.1, 0.15) is 5.69 Å². The van der Waals surface area contributed by atoms with Gasteiger partial charge in [0.25, 0.3) is 0 Å². The number of Topliss-reactive ketones (excluding diaryl/α,β-unsaturated/α-hetero) is 1. The summed E-state index contributed by atoms with van der Waals surface area (Å²) in [6.45, 7) is 1.42. The summed E-state index contributed by atoms with van der Waals surface area (Å²) in [5.74, 6) is -1.24. The number of nitrogens with one attached hydrogen (secondary N) is 1. The largest absolute Gasteiger partial charge is 0.395 e. The van der Waals surface area contributed by atoms with E-state index < -0.39 is 5.97 Å². The highest BCUT2D eigenvalue weighted by Crippen LogP contribution is 2.20. The quantitative estimate of drug-likeness (QED) is 0.792. The van der Waals surface area contributed by atoms with Crippen LogP contribution in [0.1, 0.15) is 27.8 Å². The molecule has 1 N–H and O–H groups in total. The number of aromatic amines is 1. The van der Waals surface area contributed by atoms with Crippen molar-refractivity contribution in [3.63, 3.8) is 0 Å². The lowest BCUT2D eigenvalue weighted by Crippen LogP contribution is -1.98. The fourth-order valence-electron chi connectivity index (χ4n) is 1.60. The highest BCUT2D eigenvalue weighted by atomic mass is 19.3. The fraction of sp³-hybridized carbons (Fsp3) is 0.0909. The molecule has 0 aliphatic heterocycles. The van der Waals surface area contributed by atoms with Crippen LogP contribution in [0.3, 0.4) is 0 Å². The van der Waals surface area contributed by atoms with Gasteiger partial charge >= 0.3 is 5.97 Å². The summed E-state index contributed by atoms with van der Waals surface area (Å²) in [5, 5.41) is 0.660. The Morgan fingerprint density at radius 3 is 2.75 bits per heavy atom. The van der Waals surface area contributed by atoms with Gasteiger partial charge < -0.3 is 4.98 Å². The van der Waals surface area contributed by atoms with Crippen molar-refractivity contribution in [2.24, 2.45) is 0 Å². The van der Waals surface area contributed by atoms with E-state index >= 15 is 0 Å². The molecule has 82 valence electrons. The zero-order valence-corrected chi connectivity index (χ0v) is 8.41. The van der Waals surface area contributed by atoms with Crippen LogP contribution in [-0.4, -0.2) is 16.7 Å². The minimum atomic E-state index is -1.11. The SMILES string of the molecule is CC(=O)c1cccc2cc(C(=O)OF)[nH]c12. The number of carbonyl (C=O) groups is 2. The van der Waals surface area contributed by atoms with Gasteiger partial charge in [-0.05, 0) is 19.1 Å². The summed E-state index contributed by atoms with van der Waals surface area (Å²) in [6, 6.07) is 6.47. The number of hydrogen-bond donors (Lipinski definition) is 1. The fourth-order valence-corrected chi connectivity index (χ4v) is 1.60. The first-order valence-electron chi connectivity index (χ1n) is 4.59. The number of aromatic nitrogens is 1. The molecule has 0 aliphatic carbocycles. The molecule has 2 aromatic rings. The standard InChI is InChI=1S/C11H8FNO3/c1-6(14)8-4-2-3-7-5-9(11(15)16-12)13-10(7)8/h2-5,13H,1H3. The Labute approximate surface area is 89.9 Å². The molecule has 0 fully saturated rings. The summed E-state index contributed by atoms with van der Waals surface area (Å²) in [4.78, 5) is 28.0. The summed E-state index contributed by atoms with van der Waals surface area (Å²) >= 11 is 0. The Morgan fingerprint density at radius 2 is 2.12 bits per heavy atom. The van der Waals surface area contributed by atoms with Gasteiger partial charge in [-0.2, -0.15) is 0 Å². The second kappa shape index (κ2) is 3.77. The summed E-state index contributed by atoms with van der Waals surface area (Å²) in [5.41, 5.74) is 0.942. The van der Waals surface area contributed by atoms with E-state index in [4.69, 9.17) is 0 Å². The van der Waals surface area contributed by atoms with E-state index in [0.717, 1.165) is 0 Å². The van der Waals surface area contributed by atoms with Crippen LogP contribution in [0.15, 0.2) is 24.3 Å². The van der Waals surface area contributed by atoms with Gasteiger partial charge in [0.05, 0.1) is 5.52 Å². The van der Waals surface area contributed by atoms with E-state index in [-0.39, 0.29) is 11.5 Å². The van der Waals surface area contributed by atoms with Gasteiger partial charge in [-0.3, -0.25) is 4.79 Å². The summed E-state index contributed by atoms with van der Waals surface area (Å²) in [7, 11) is 0. The molecule has 0 radical (unpaired) electrons. The van der Waals surface area contributed by atoms with Crippen molar-refractivity contribution in [1.29, 1.82) is 0 Å². The average Bonchev–Trinajstić information content (AvgIpc) is 2.70. The Bertz CT molecular complexity index is 574. The second-order valence-electron chi connectivity index (χ2n) is 3.37. The molecule has 0 aliphatic rings. The Kier molecular flexibility index (Phi) is 2.44. The van der Waals surface area contributed by atoms with Crippen molar-refractivity contribution in [3.8, 4) is 0 Å². The molecule has 16 heavy (non-hydrogen) atoms. The molecular formula is C11H8FNO3. The predicted octanol–water partition coefficient (Wildman–Crippen LogP) is 2.41. The number of halogens is 1. The van der Waals surface area contributed by atoms with E-state index in [1.165, 1.54) is 13.0 Å². The monoisotopic (exact) mass is 221 g/mol. The second-order valence-corrected chi connectivity index (χ2v) is 3.37. The number of ketones is 1. The first-order chi connectivity index (χ1) is 7.63. The molecule has 1 aromatic carbocycles. The molecule has 0 bridgehead atoms. The molecule has 5 heteroatoms. The van der Waals surface area contributed by atoms with Crippen LogP contribution in [0.5, 0.6) is 0 Å². The number of fused-ring (bicyclic) bond motifs is 1. The van der Waals surface area contributed by atoms with Gasteiger partial charge in [-0.25, -0.2) is 9.74 Å². The molecule has 0 saturated carbocycles. The molecule has 0 amide bonds. The van der Waals surface area contributed by atoms with Crippen LogP contribution in [0.2, 0.25) is 0 Å². The van der Waals surface area contributed by atoms with Gasteiger partial charge in [-0.15, -0.1) is 0 Å². The molecule has 0 unspecified atom stereocenters. The number of H-pyrrole nitrogens is 1. The zero-order valence-electron chi connectivity index (χ0n) is 8.41. The van der Waals surface area contributed by atoms with Crippen LogP contribution in [0.4, 0.5) is 4.53 Å². The third-order valence-electron chi connectivity index (χ3n) is 2.33. The molecule has 1 heterocycles. The van der Waals surface area contributed by atoms with Crippen LogP contribution in [0.25, 0.3) is 10.9 Å². The maximum atomic E-state index is 11.7. The highest BCUT2D eigenvalue weighted by molar-refractivity contribution is 6.07. The molecule has 0 spiro atoms. The third-order valence-corrected chi connectivity index (χ3v) is 2.33. The minimum absolute atomic E-state index is 0.0220. The predicted molar refractivity (Wildman–Crippen MR) is 54.8 cm³/mol. The Balaban J connectivity index is 2.65. The van der Waals surface area contributed by atoms with Crippen LogP contribution >= 0.6 is 0 Å². The van der Waals surface area contributed by atoms with E-state index in [1.54, 1.807) is 18.2 Å². The lowest BCUT2D eigenvalue weighted by atomic mass is 10.1. The lowest BCUT2D eigenvalue weighted by molar-refractivity contribution is -0.0792. The molecule has 2 rings (SSSR count). The van der Waals surface area contributed by atoms with Crippen LogP contribution in [-0.2, 0) is 4.94 Å². The van der Waals surface area contributed by atoms with E-state index in [2.05, 4.69) is 9.93 Å². The number of hydrogen-bond acceptors (Lipinski definition) is 3. The van der Waals surface area contributed by atoms with Crippen LogP contribution < -0.4 is 0 Å². The van der Waals surface area contributed by atoms with Gasteiger partial charge in [0, 0.05) is 15.5 Å². The summed E-state index contributed by atoms with van der Waals surface area (Å²) in [6.07, 6.45) is 0. The maximum Gasteiger partial charge on any atom is 0.395 e. The van der Waals surface area contributed by atoms with Crippen molar-refractivity contribution in [3.05, 3.63) is 35.5 Å². The molecule has 0 atom stereocenters. The van der Waals surface area contributed by atoms with Gasteiger partial charge in [0.15, 0.2) is 5.78 Å². The Morgan fingerprint density at radius 1 is 1.38 bits per heavy atom. The van der Waals surface area contributed by atoms with Crippen molar-refractivity contribution in [2.75, 3.05) is 0 Å². The first-order valence-corrected chi connectivity index (χ1v) is 4.59. The minimum Gasteiger partial charge on any atom is -0.348 e. The number of rotatable bonds is 2. The zero-order chi connectivity index (χ0) is 11.7. The Hall–Kier alpha value is -2.17. The maximum absolute atomic E-state index is 11.7. The third kappa shape index (κ3) is 1.56.